The molecule has 1 aliphatic heterocycles. The number of rotatable bonds is 5. The molecule has 1 N–H and O–H groups in total. The number of anilines is 1. The monoisotopic (exact) mass is 331 g/mol. The minimum Gasteiger partial charge on any atom is -0.355 e. The van der Waals surface area contributed by atoms with Crippen LogP contribution >= 0.6 is 0 Å². The van der Waals surface area contributed by atoms with Gasteiger partial charge in [0.2, 0.25) is 17.8 Å². The minimum absolute atomic E-state index is 0.0163. The van der Waals surface area contributed by atoms with E-state index in [-0.39, 0.29) is 11.8 Å². The zero-order valence-corrected chi connectivity index (χ0v) is 14.4. The highest BCUT2D eigenvalue weighted by Gasteiger charge is 2.58. The van der Waals surface area contributed by atoms with Gasteiger partial charge in [0.25, 0.3) is 0 Å². The number of hydrogen-bond donors (Lipinski definition) is 1. The molecule has 0 bridgehead atoms. The van der Waals surface area contributed by atoms with E-state index < -0.39 is 5.41 Å². The Labute approximate surface area is 142 Å². The molecule has 3 rings (SSSR count). The summed E-state index contributed by atoms with van der Waals surface area (Å²) in [5.74, 6) is 0.960. The summed E-state index contributed by atoms with van der Waals surface area (Å²) in [6, 6.07) is 1.79. The van der Waals surface area contributed by atoms with Crippen LogP contribution in [-0.2, 0) is 9.59 Å². The van der Waals surface area contributed by atoms with E-state index in [0.29, 0.717) is 57.4 Å². The van der Waals surface area contributed by atoms with E-state index in [4.69, 9.17) is 0 Å². The smallest absolute Gasteiger partial charge is 0.238 e. The number of carbonyl (C=O) groups is 2. The molecule has 7 heteroatoms. The Hall–Kier alpha value is -2.18. The number of piperazine rings is 1. The van der Waals surface area contributed by atoms with Gasteiger partial charge in [-0.2, -0.15) is 0 Å². The highest BCUT2D eigenvalue weighted by Crippen LogP contribution is 2.47. The van der Waals surface area contributed by atoms with Gasteiger partial charge in [-0.05, 0) is 24.8 Å². The van der Waals surface area contributed by atoms with Gasteiger partial charge in [0.1, 0.15) is 5.41 Å². The lowest BCUT2D eigenvalue weighted by Crippen LogP contribution is -2.53. The van der Waals surface area contributed by atoms with E-state index in [1.807, 2.05) is 18.7 Å². The van der Waals surface area contributed by atoms with Crippen LogP contribution in [0.4, 0.5) is 5.95 Å². The highest BCUT2D eigenvalue weighted by molar-refractivity contribution is 6.07. The molecule has 2 amide bonds. The molecule has 0 radical (unpaired) electrons. The third kappa shape index (κ3) is 3.34. The van der Waals surface area contributed by atoms with Crippen LogP contribution in [0.2, 0.25) is 0 Å². The maximum Gasteiger partial charge on any atom is 0.238 e. The van der Waals surface area contributed by atoms with E-state index in [1.54, 1.807) is 18.5 Å². The van der Waals surface area contributed by atoms with Crippen molar-refractivity contribution >= 4 is 17.8 Å². The van der Waals surface area contributed by atoms with Gasteiger partial charge in [-0.25, -0.2) is 9.97 Å². The molecular weight excluding hydrogens is 306 g/mol. The number of nitrogens with one attached hydrogen (secondary N) is 1. The quantitative estimate of drug-likeness (QED) is 0.803. The lowest BCUT2D eigenvalue weighted by atomic mass is 10.0. The molecule has 1 saturated carbocycles. The van der Waals surface area contributed by atoms with E-state index in [0.717, 1.165) is 0 Å². The first kappa shape index (κ1) is 16.7. The minimum atomic E-state index is -0.805. The van der Waals surface area contributed by atoms with E-state index in [9.17, 15) is 9.59 Å². The van der Waals surface area contributed by atoms with Crippen molar-refractivity contribution in [2.75, 3.05) is 37.6 Å². The number of aromatic nitrogens is 2. The molecular formula is C17H25N5O2. The van der Waals surface area contributed by atoms with Crippen molar-refractivity contribution in [1.82, 2.24) is 20.2 Å². The van der Waals surface area contributed by atoms with Crippen molar-refractivity contribution in [3.8, 4) is 0 Å². The molecule has 0 aromatic carbocycles. The second-order valence-corrected chi connectivity index (χ2v) is 7.01. The Morgan fingerprint density at radius 3 is 2.33 bits per heavy atom. The molecule has 1 aromatic heterocycles. The molecule has 0 unspecified atom stereocenters. The molecule has 0 atom stereocenters. The van der Waals surface area contributed by atoms with Gasteiger partial charge in [0.15, 0.2) is 0 Å². The van der Waals surface area contributed by atoms with Crippen molar-refractivity contribution in [3.05, 3.63) is 18.5 Å². The Morgan fingerprint density at radius 2 is 1.79 bits per heavy atom. The maximum absolute atomic E-state index is 12.8. The summed E-state index contributed by atoms with van der Waals surface area (Å²) in [6.07, 6.45) is 4.77. The van der Waals surface area contributed by atoms with Crippen molar-refractivity contribution in [1.29, 1.82) is 0 Å². The zero-order chi connectivity index (χ0) is 17.2. The number of nitrogens with zero attached hydrogens (tertiary/aromatic N) is 4. The van der Waals surface area contributed by atoms with Crippen molar-refractivity contribution in [2.45, 2.75) is 26.7 Å². The molecule has 0 spiro atoms. The van der Waals surface area contributed by atoms with Crippen LogP contribution in [-0.4, -0.2) is 59.4 Å². The van der Waals surface area contributed by atoms with Crippen LogP contribution in [0.15, 0.2) is 18.5 Å². The van der Waals surface area contributed by atoms with E-state index >= 15 is 0 Å². The number of amides is 2. The molecule has 130 valence electrons. The van der Waals surface area contributed by atoms with E-state index in [2.05, 4.69) is 20.2 Å². The third-order valence-corrected chi connectivity index (χ3v) is 4.67. The van der Waals surface area contributed by atoms with Crippen molar-refractivity contribution in [3.63, 3.8) is 0 Å². The SMILES string of the molecule is CC(C)CNC(=O)C1(C(=O)N2CCN(c3ncccn3)CC2)CC1. The first-order valence-electron chi connectivity index (χ1n) is 8.62. The van der Waals surface area contributed by atoms with Gasteiger partial charge >= 0.3 is 0 Å². The third-order valence-electron chi connectivity index (χ3n) is 4.67. The lowest BCUT2D eigenvalue weighted by molar-refractivity contribution is -0.144. The van der Waals surface area contributed by atoms with Crippen LogP contribution in [0.1, 0.15) is 26.7 Å². The molecule has 1 saturated heterocycles. The lowest BCUT2D eigenvalue weighted by Gasteiger charge is -2.36. The van der Waals surface area contributed by atoms with Crippen molar-refractivity contribution in [2.24, 2.45) is 11.3 Å². The second kappa shape index (κ2) is 6.75. The fourth-order valence-corrected chi connectivity index (χ4v) is 3.00. The Kier molecular flexibility index (Phi) is 4.69. The predicted octanol–water partition coefficient (Wildman–Crippen LogP) is 0.678. The van der Waals surface area contributed by atoms with Crippen LogP contribution in [0.5, 0.6) is 0 Å². The molecule has 2 fully saturated rings. The predicted molar refractivity (Wildman–Crippen MR) is 90.3 cm³/mol. The van der Waals surface area contributed by atoms with Crippen LogP contribution in [0, 0.1) is 11.3 Å². The average molecular weight is 331 g/mol. The molecule has 1 aliphatic carbocycles. The van der Waals surface area contributed by atoms with E-state index in [1.165, 1.54) is 0 Å². The molecule has 2 aliphatic rings. The van der Waals surface area contributed by atoms with Crippen LogP contribution < -0.4 is 10.2 Å². The second-order valence-electron chi connectivity index (χ2n) is 7.01. The summed E-state index contributed by atoms with van der Waals surface area (Å²) in [5.41, 5.74) is -0.805. The van der Waals surface area contributed by atoms with Gasteiger partial charge < -0.3 is 15.1 Å². The summed E-state index contributed by atoms with van der Waals surface area (Å²) < 4.78 is 0. The average Bonchev–Trinajstić information content (AvgIpc) is 3.42. The summed E-state index contributed by atoms with van der Waals surface area (Å²) in [5, 5.41) is 2.92. The summed E-state index contributed by atoms with van der Waals surface area (Å²) >= 11 is 0. The molecule has 24 heavy (non-hydrogen) atoms. The van der Waals surface area contributed by atoms with Gasteiger partial charge in [-0.1, -0.05) is 13.8 Å². The fraction of sp³-hybridized carbons (Fsp3) is 0.647. The first-order chi connectivity index (χ1) is 11.5. The Balaban J connectivity index is 1.56. The standard InChI is InChI=1S/C17H25N5O2/c1-13(2)12-20-14(23)17(4-5-17)15(24)21-8-10-22(11-9-21)16-18-6-3-7-19-16/h3,6-7,13H,4-5,8-12H2,1-2H3,(H,20,23). The molecule has 7 nitrogen and oxygen atoms in total. The number of hydrogen-bond acceptors (Lipinski definition) is 5. The molecule has 1 aromatic rings. The van der Waals surface area contributed by atoms with Gasteiger partial charge in [-0.3, -0.25) is 9.59 Å². The topological polar surface area (TPSA) is 78.4 Å². The summed E-state index contributed by atoms with van der Waals surface area (Å²) in [7, 11) is 0. The normalized spacial score (nSPS) is 19.3. The van der Waals surface area contributed by atoms with Crippen molar-refractivity contribution < 1.29 is 9.59 Å². The van der Waals surface area contributed by atoms with Crippen LogP contribution in [0.3, 0.4) is 0 Å². The summed E-state index contributed by atoms with van der Waals surface area (Å²) in [6.45, 7) is 7.32. The van der Waals surface area contributed by atoms with Crippen LogP contribution in [0.25, 0.3) is 0 Å². The highest BCUT2D eigenvalue weighted by atomic mass is 16.2. The largest absolute Gasteiger partial charge is 0.355 e. The van der Waals surface area contributed by atoms with Gasteiger partial charge in [0, 0.05) is 45.1 Å². The van der Waals surface area contributed by atoms with Gasteiger partial charge in [-0.15, -0.1) is 0 Å². The Morgan fingerprint density at radius 1 is 1.17 bits per heavy atom. The first-order valence-corrected chi connectivity index (χ1v) is 8.62. The summed E-state index contributed by atoms with van der Waals surface area (Å²) in [4.78, 5) is 37.6. The van der Waals surface area contributed by atoms with Gasteiger partial charge in [0.05, 0.1) is 0 Å². The zero-order valence-electron chi connectivity index (χ0n) is 14.4. The Bertz CT molecular complexity index is 592. The maximum atomic E-state index is 12.8. The number of carbonyl (C=O) groups excluding carboxylic acids is 2. The fourth-order valence-electron chi connectivity index (χ4n) is 3.00. The molecule has 2 heterocycles.